The van der Waals surface area contributed by atoms with E-state index in [1.807, 2.05) is 25.1 Å². The minimum Gasteiger partial charge on any atom is -0.474 e. The molecule has 138 valence electrons. The molecule has 26 heavy (non-hydrogen) atoms. The topological polar surface area (TPSA) is 54.5 Å². The van der Waals surface area contributed by atoms with Crippen LogP contribution in [-0.4, -0.2) is 41.5 Å². The Morgan fingerprint density at radius 1 is 1.35 bits per heavy atom. The van der Waals surface area contributed by atoms with E-state index >= 15 is 0 Å². The van der Waals surface area contributed by atoms with Gasteiger partial charge in [-0.05, 0) is 57.5 Å². The summed E-state index contributed by atoms with van der Waals surface area (Å²) in [5.74, 6) is 0.692. The van der Waals surface area contributed by atoms with Gasteiger partial charge >= 0.3 is 0 Å². The largest absolute Gasteiger partial charge is 0.474 e. The van der Waals surface area contributed by atoms with Crippen molar-refractivity contribution in [3.63, 3.8) is 0 Å². The quantitative estimate of drug-likeness (QED) is 0.874. The number of aromatic nitrogens is 1. The SMILES string of the molecule is Cc1ccc(C(=O)Nc2cccc(O[C@@H]3CCN(C)[C@@H](C)C3)n2)c(Cl)c1. The molecule has 0 saturated carbocycles. The zero-order valence-corrected chi connectivity index (χ0v) is 16.1. The highest BCUT2D eigenvalue weighted by molar-refractivity contribution is 6.34. The summed E-state index contributed by atoms with van der Waals surface area (Å²) in [5, 5.41) is 3.22. The van der Waals surface area contributed by atoms with Gasteiger partial charge in [0.2, 0.25) is 5.88 Å². The third-order valence-electron chi connectivity index (χ3n) is 4.78. The Bertz CT molecular complexity index is 796. The van der Waals surface area contributed by atoms with Crippen LogP contribution in [-0.2, 0) is 0 Å². The number of carbonyl (C=O) groups is 1. The summed E-state index contributed by atoms with van der Waals surface area (Å²) in [7, 11) is 2.13. The lowest BCUT2D eigenvalue weighted by atomic mass is 10.0. The number of hydrogen-bond donors (Lipinski definition) is 1. The predicted octanol–water partition coefficient (Wildman–Crippen LogP) is 4.16. The van der Waals surface area contributed by atoms with Crippen LogP contribution in [0, 0.1) is 6.92 Å². The Hall–Kier alpha value is -2.11. The van der Waals surface area contributed by atoms with Gasteiger partial charge in [-0.3, -0.25) is 4.79 Å². The Morgan fingerprint density at radius 3 is 2.88 bits per heavy atom. The number of piperidine rings is 1. The number of aryl methyl sites for hydroxylation is 1. The van der Waals surface area contributed by atoms with E-state index < -0.39 is 0 Å². The summed E-state index contributed by atoms with van der Waals surface area (Å²) in [4.78, 5) is 19.2. The normalized spacial score (nSPS) is 20.6. The van der Waals surface area contributed by atoms with Crippen molar-refractivity contribution in [3.05, 3.63) is 52.5 Å². The first-order valence-corrected chi connectivity index (χ1v) is 9.21. The van der Waals surface area contributed by atoms with Crippen LogP contribution < -0.4 is 10.1 Å². The number of anilines is 1. The molecule has 5 nitrogen and oxygen atoms in total. The highest BCUT2D eigenvalue weighted by Gasteiger charge is 2.24. The smallest absolute Gasteiger partial charge is 0.258 e. The zero-order chi connectivity index (χ0) is 18.7. The van der Waals surface area contributed by atoms with E-state index in [-0.39, 0.29) is 12.0 Å². The molecule has 0 unspecified atom stereocenters. The fourth-order valence-corrected chi connectivity index (χ4v) is 3.38. The molecule has 2 atom stereocenters. The molecule has 6 heteroatoms. The van der Waals surface area contributed by atoms with Crippen molar-refractivity contribution in [3.8, 4) is 5.88 Å². The van der Waals surface area contributed by atoms with Crippen molar-refractivity contribution in [2.24, 2.45) is 0 Å². The molecule has 1 aliphatic rings. The lowest BCUT2D eigenvalue weighted by molar-refractivity contribution is 0.0760. The van der Waals surface area contributed by atoms with E-state index in [2.05, 4.69) is 29.2 Å². The van der Waals surface area contributed by atoms with Crippen molar-refractivity contribution < 1.29 is 9.53 Å². The molecule has 1 amide bonds. The fourth-order valence-electron chi connectivity index (χ4n) is 3.06. The van der Waals surface area contributed by atoms with Crippen LogP contribution in [0.3, 0.4) is 0 Å². The average Bonchev–Trinajstić information content (AvgIpc) is 2.58. The number of likely N-dealkylation sites (tertiary alicyclic amines) is 1. The number of ether oxygens (including phenoxy) is 1. The number of carbonyl (C=O) groups excluding carboxylic acids is 1. The van der Waals surface area contributed by atoms with E-state index in [0.29, 0.717) is 28.3 Å². The minimum absolute atomic E-state index is 0.145. The minimum atomic E-state index is -0.285. The van der Waals surface area contributed by atoms with Crippen LogP contribution in [0.5, 0.6) is 5.88 Å². The Morgan fingerprint density at radius 2 is 2.15 bits per heavy atom. The molecule has 3 rings (SSSR count). The van der Waals surface area contributed by atoms with Crippen molar-refractivity contribution in [2.75, 3.05) is 18.9 Å². The number of halogens is 1. The molecule has 1 aromatic carbocycles. The lowest BCUT2D eigenvalue weighted by Crippen LogP contribution is -2.42. The first kappa shape index (κ1) is 18.7. The first-order valence-electron chi connectivity index (χ1n) is 8.84. The number of nitrogens with zero attached hydrogens (tertiary/aromatic N) is 2. The Balaban J connectivity index is 1.66. The second kappa shape index (κ2) is 8.06. The van der Waals surface area contributed by atoms with Gasteiger partial charge in [-0.25, -0.2) is 0 Å². The van der Waals surface area contributed by atoms with E-state index in [1.165, 1.54) is 0 Å². The van der Waals surface area contributed by atoms with Crippen LogP contribution in [0.15, 0.2) is 36.4 Å². The molecule has 0 bridgehead atoms. The fraction of sp³-hybridized carbons (Fsp3) is 0.400. The molecule has 2 aromatic rings. The van der Waals surface area contributed by atoms with Crippen molar-refractivity contribution in [1.82, 2.24) is 9.88 Å². The summed E-state index contributed by atoms with van der Waals surface area (Å²) >= 11 is 6.17. The third kappa shape index (κ3) is 4.54. The Labute approximate surface area is 159 Å². The van der Waals surface area contributed by atoms with Crippen LogP contribution in [0.1, 0.15) is 35.7 Å². The number of amides is 1. The molecular formula is C20H24ClN3O2. The molecule has 1 fully saturated rings. The molecule has 1 N–H and O–H groups in total. The van der Waals surface area contributed by atoms with Gasteiger partial charge in [0.25, 0.3) is 5.91 Å². The van der Waals surface area contributed by atoms with Gasteiger partial charge in [-0.2, -0.15) is 4.98 Å². The zero-order valence-electron chi connectivity index (χ0n) is 15.3. The number of rotatable bonds is 4. The van der Waals surface area contributed by atoms with E-state index in [0.717, 1.165) is 24.9 Å². The second-order valence-electron chi connectivity index (χ2n) is 6.89. The van der Waals surface area contributed by atoms with Gasteiger partial charge in [0.15, 0.2) is 0 Å². The van der Waals surface area contributed by atoms with Gasteiger partial charge in [0, 0.05) is 18.7 Å². The number of benzene rings is 1. The highest BCUT2D eigenvalue weighted by atomic mass is 35.5. The summed E-state index contributed by atoms with van der Waals surface area (Å²) in [6.07, 6.45) is 2.08. The number of pyridine rings is 1. The van der Waals surface area contributed by atoms with Crippen molar-refractivity contribution in [2.45, 2.75) is 38.8 Å². The number of hydrogen-bond acceptors (Lipinski definition) is 4. The average molecular weight is 374 g/mol. The summed E-state index contributed by atoms with van der Waals surface area (Å²) in [6.45, 7) is 5.14. The highest BCUT2D eigenvalue weighted by Crippen LogP contribution is 2.22. The monoisotopic (exact) mass is 373 g/mol. The molecule has 1 aliphatic heterocycles. The summed E-state index contributed by atoms with van der Waals surface area (Å²) in [6, 6.07) is 11.2. The third-order valence-corrected chi connectivity index (χ3v) is 5.09. The lowest BCUT2D eigenvalue weighted by Gasteiger charge is -2.34. The standard InChI is InChI=1S/C20H24ClN3O2/c1-13-7-8-16(17(21)11-13)20(25)23-18-5-4-6-19(22-18)26-15-9-10-24(3)14(2)12-15/h4-8,11,14-15H,9-10,12H2,1-3H3,(H,22,23,25)/t14-,15+/m0/s1. The molecule has 1 aromatic heterocycles. The first-order chi connectivity index (χ1) is 12.4. The summed E-state index contributed by atoms with van der Waals surface area (Å²) in [5.41, 5.74) is 1.43. The van der Waals surface area contributed by atoms with Crippen LogP contribution in [0.25, 0.3) is 0 Å². The van der Waals surface area contributed by atoms with Crippen molar-refractivity contribution in [1.29, 1.82) is 0 Å². The predicted molar refractivity (Wildman–Crippen MR) is 104 cm³/mol. The summed E-state index contributed by atoms with van der Waals surface area (Å²) < 4.78 is 6.03. The maximum Gasteiger partial charge on any atom is 0.258 e. The van der Waals surface area contributed by atoms with Gasteiger partial charge in [-0.15, -0.1) is 0 Å². The molecule has 1 saturated heterocycles. The van der Waals surface area contributed by atoms with E-state index in [1.54, 1.807) is 18.2 Å². The van der Waals surface area contributed by atoms with Crippen LogP contribution in [0.4, 0.5) is 5.82 Å². The van der Waals surface area contributed by atoms with E-state index in [9.17, 15) is 4.79 Å². The maximum atomic E-state index is 12.4. The van der Waals surface area contributed by atoms with E-state index in [4.69, 9.17) is 16.3 Å². The number of nitrogens with one attached hydrogen (secondary N) is 1. The Kier molecular flexibility index (Phi) is 5.79. The molecule has 0 spiro atoms. The molecule has 0 aliphatic carbocycles. The van der Waals surface area contributed by atoms with Gasteiger partial charge in [-0.1, -0.05) is 23.7 Å². The van der Waals surface area contributed by atoms with Gasteiger partial charge in [0.1, 0.15) is 11.9 Å². The van der Waals surface area contributed by atoms with Gasteiger partial charge < -0.3 is 15.0 Å². The molecular weight excluding hydrogens is 350 g/mol. The molecule has 2 heterocycles. The van der Waals surface area contributed by atoms with Crippen molar-refractivity contribution >= 4 is 23.3 Å². The maximum absolute atomic E-state index is 12.4. The molecule has 0 radical (unpaired) electrons. The van der Waals surface area contributed by atoms with Crippen LogP contribution in [0.2, 0.25) is 5.02 Å². The second-order valence-corrected chi connectivity index (χ2v) is 7.30. The van der Waals surface area contributed by atoms with Gasteiger partial charge in [0.05, 0.1) is 10.6 Å². The van der Waals surface area contributed by atoms with Crippen LogP contribution >= 0.6 is 11.6 Å².